The predicted molar refractivity (Wildman–Crippen MR) is 86.3 cm³/mol. The first-order chi connectivity index (χ1) is 10.8. The number of amides is 1. The molecule has 1 aliphatic heterocycles. The van der Waals surface area contributed by atoms with Crippen LogP contribution in [0.4, 0.5) is 0 Å². The second-order valence-corrected chi connectivity index (χ2v) is 6.62. The van der Waals surface area contributed by atoms with Crippen molar-refractivity contribution in [3.8, 4) is 0 Å². The van der Waals surface area contributed by atoms with E-state index in [0.29, 0.717) is 19.7 Å². The number of benzene rings is 1. The number of likely N-dealkylation sites (tertiary alicyclic amines) is 1. The molecule has 0 unspecified atom stereocenters. The van der Waals surface area contributed by atoms with E-state index in [4.69, 9.17) is 4.74 Å². The second kappa shape index (κ2) is 7.25. The topological polar surface area (TPSA) is 41.6 Å². The third-order valence-corrected chi connectivity index (χ3v) is 5.06. The van der Waals surface area contributed by atoms with Crippen LogP contribution in [-0.4, -0.2) is 37.6 Å². The van der Waals surface area contributed by atoms with Crippen LogP contribution in [0, 0.1) is 11.8 Å². The average molecular weight is 302 g/mol. The summed E-state index contributed by atoms with van der Waals surface area (Å²) in [6.45, 7) is 3.93. The zero-order valence-corrected chi connectivity index (χ0v) is 13.4. The normalized spacial score (nSPS) is 24.4. The van der Waals surface area contributed by atoms with Gasteiger partial charge in [0.1, 0.15) is 0 Å². The standard InChI is InChI=1S/C18H26N2O2/c1-22-13-17-6-3-2-5-14(17)9-19-18(21)12-20-10-15-7-4-8-16(15)11-20/h2-3,5-6,15-16H,4,7-13H2,1H3,(H,19,21)/t15-,16-/m0/s1. The van der Waals surface area contributed by atoms with Crippen molar-refractivity contribution in [2.24, 2.45) is 11.8 Å². The molecule has 22 heavy (non-hydrogen) atoms. The lowest BCUT2D eigenvalue weighted by atomic mass is 10.0. The summed E-state index contributed by atoms with van der Waals surface area (Å²) in [5.74, 6) is 1.82. The third kappa shape index (κ3) is 3.68. The Labute approximate surface area is 132 Å². The van der Waals surface area contributed by atoms with Crippen LogP contribution in [0.25, 0.3) is 0 Å². The van der Waals surface area contributed by atoms with Crippen LogP contribution in [0.1, 0.15) is 30.4 Å². The van der Waals surface area contributed by atoms with Gasteiger partial charge in [-0.25, -0.2) is 0 Å². The monoisotopic (exact) mass is 302 g/mol. The number of nitrogens with zero attached hydrogens (tertiary/aromatic N) is 1. The summed E-state index contributed by atoms with van der Waals surface area (Å²) >= 11 is 0. The number of rotatable bonds is 6. The fourth-order valence-electron chi connectivity index (χ4n) is 3.94. The second-order valence-electron chi connectivity index (χ2n) is 6.62. The van der Waals surface area contributed by atoms with E-state index in [2.05, 4.69) is 16.3 Å². The molecule has 1 aliphatic carbocycles. The van der Waals surface area contributed by atoms with Gasteiger partial charge in [0.05, 0.1) is 13.2 Å². The molecule has 4 nitrogen and oxygen atoms in total. The summed E-state index contributed by atoms with van der Waals surface area (Å²) in [6.07, 6.45) is 4.09. The van der Waals surface area contributed by atoms with Crippen LogP contribution in [0.15, 0.2) is 24.3 Å². The van der Waals surface area contributed by atoms with E-state index >= 15 is 0 Å². The number of methoxy groups -OCH3 is 1. The molecule has 4 heteroatoms. The molecule has 1 heterocycles. The van der Waals surface area contributed by atoms with Gasteiger partial charge in [0.15, 0.2) is 0 Å². The van der Waals surface area contributed by atoms with Gasteiger partial charge in [-0.15, -0.1) is 0 Å². The molecular weight excluding hydrogens is 276 g/mol. The fourth-order valence-corrected chi connectivity index (χ4v) is 3.94. The number of fused-ring (bicyclic) bond motifs is 1. The van der Waals surface area contributed by atoms with Crippen LogP contribution in [0.2, 0.25) is 0 Å². The molecule has 2 fully saturated rings. The molecule has 1 aromatic carbocycles. The smallest absolute Gasteiger partial charge is 0.234 e. The summed E-state index contributed by atoms with van der Waals surface area (Å²) in [7, 11) is 1.69. The average Bonchev–Trinajstić information content (AvgIpc) is 3.08. The van der Waals surface area contributed by atoms with E-state index in [-0.39, 0.29) is 5.91 Å². The highest BCUT2D eigenvalue weighted by Gasteiger charge is 2.36. The number of carbonyl (C=O) groups excluding carboxylic acids is 1. The van der Waals surface area contributed by atoms with Gasteiger partial charge in [-0.3, -0.25) is 9.69 Å². The van der Waals surface area contributed by atoms with E-state index in [1.807, 2.05) is 18.2 Å². The lowest BCUT2D eigenvalue weighted by molar-refractivity contribution is -0.122. The summed E-state index contributed by atoms with van der Waals surface area (Å²) in [5.41, 5.74) is 2.27. The number of hydrogen-bond donors (Lipinski definition) is 1. The van der Waals surface area contributed by atoms with Gasteiger partial charge in [0, 0.05) is 26.7 Å². The van der Waals surface area contributed by atoms with Gasteiger partial charge in [-0.05, 0) is 35.8 Å². The highest BCUT2D eigenvalue weighted by molar-refractivity contribution is 5.78. The molecule has 1 saturated carbocycles. The van der Waals surface area contributed by atoms with Gasteiger partial charge >= 0.3 is 0 Å². The largest absolute Gasteiger partial charge is 0.380 e. The maximum Gasteiger partial charge on any atom is 0.234 e. The molecular formula is C18H26N2O2. The molecule has 2 aliphatic rings. The summed E-state index contributed by atoms with van der Waals surface area (Å²) < 4.78 is 5.20. The fraction of sp³-hybridized carbons (Fsp3) is 0.611. The van der Waals surface area contributed by atoms with Gasteiger partial charge in [0.25, 0.3) is 0 Å². The Kier molecular flexibility index (Phi) is 5.11. The maximum atomic E-state index is 12.2. The quantitative estimate of drug-likeness (QED) is 0.876. The number of nitrogens with one attached hydrogen (secondary N) is 1. The zero-order chi connectivity index (χ0) is 15.4. The maximum absolute atomic E-state index is 12.2. The number of hydrogen-bond acceptors (Lipinski definition) is 3. The van der Waals surface area contributed by atoms with Crippen molar-refractivity contribution in [2.75, 3.05) is 26.7 Å². The van der Waals surface area contributed by atoms with Gasteiger partial charge in [-0.1, -0.05) is 30.7 Å². The Hall–Kier alpha value is -1.39. The molecule has 0 aromatic heterocycles. The molecule has 1 saturated heterocycles. The molecule has 0 bridgehead atoms. The van der Waals surface area contributed by atoms with E-state index in [1.54, 1.807) is 7.11 Å². The summed E-state index contributed by atoms with van der Waals surface area (Å²) in [5, 5.41) is 3.05. The van der Waals surface area contributed by atoms with Crippen molar-refractivity contribution >= 4 is 5.91 Å². The van der Waals surface area contributed by atoms with Crippen molar-refractivity contribution in [2.45, 2.75) is 32.4 Å². The molecule has 0 spiro atoms. The SMILES string of the molecule is COCc1ccccc1CNC(=O)CN1C[C@@H]2CCC[C@H]2C1. The Morgan fingerprint density at radius 3 is 2.59 bits per heavy atom. The Balaban J connectivity index is 1.46. The van der Waals surface area contributed by atoms with Gasteiger partial charge in [0.2, 0.25) is 5.91 Å². The first-order valence-corrected chi connectivity index (χ1v) is 8.31. The molecule has 3 rings (SSSR count). The minimum atomic E-state index is 0.132. The van der Waals surface area contributed by atoms with Crippen LogP contribution < -0.4 is 5.32 Å². The summed E-state index contributed by atoms with van der Waals surface area (Å²) in [4.78, 5) is 14.5. The van der Waals surface area contributed by atoms with Crippen molar-refractivity contribution in [3.05, 3.63) is 35.4 Å². The number of ether oxygens (including phenoxy) is 1. The number of carbonyl (C=O) groups is 1. The first kappa shape index (κ1) is 15.5. The van der Waals surface area contributed by atoms with Crippen molar-refractivity contribution in [1.82, 2.24) is 10.2 Å². The minimum absolute atomic E-state index is 0.132. The van der Waals surface area contributed by atoms with Gasteiger partial charge < -0.3 is 10.1 Å². The van der Waals surface area contributed by atoms with Gasteiger partial charge in [-0.2, -0.15) is 0 Å². The van der Waals surface area contributed by atoms with E-state index in [1.165, 1.54) is 19.3 Å². The predicted octanol–water partition coefficient (Wildman–Crippen LogP) is 2.18. The Morgan fingerprint density at radius 1 is 1.23 bits per heavy atom. The van der Waals surface area contributed by atoms with E-state index in [9.17, 15) is 4.79 Å². The van der Waals surface area contributed by atoms with Crippen LogP contribution >= 0.6 is 0 Å². The zero-order valence-electron chi connectivity index (χ0n) is 13.4. The molecule has 0 radical (unpaired) electrons. The lowest BCUT2D eigenvalue weighted by Crippen LogP contribution is -2.36. The van der Waals surface area contributed by atoms with Crippen LogP contribution in [0.5, 0.6) is 0 Å². The van der Waals surface area contributed by atoms with Crippen LogP contribution in [-0.2, 0) is 22.7 Å². The van der Waals surface area contributed by atoms with E-state index in [0.717, 1.165) is 36.1 Å². The van der Waals surface area contributed by atoms with Crippen LogP contribution in [0.3, 0.4) is 0 Å². The van der Waals surface area contributed by atoms with Crippen molar-refractivity contribution < 1.29 is 9.53 Å². The van der Waals surface area contributed by atoms with Crippen molar-refractivity contribution in [1.29, 1.82) is 0 Å². The molecule has 120 valence electrons. The Morgan fingerprint density at radius 2 is 1.91 bits per heavy atom. The highest BCUT2D eigenvalue weighted by Crippen LogP contribution is 2.37. The molecule has 1 amide bonds. The van der Waals surface area contributed by atoms with Crippen molar-refractivity contribution in [3.63, 3.8) is 0 Å². The molecule has 1 N–H and O–H groups in total. The first-order valence-electron chi connectivity index (χ1n) is 8.31. The summed E-state index contributed by atoms with van der Waals surface area (Å²) in [6, 6.07) is 8.10. The molecule has 2 atom stereocenters. The molecule has 1 aromatic rings. The third-order valence-electron chi connectivity index (χ3n) is 5.06. The highest BCUT2D eigenvalue weighted by atomic mass is 16.5. The lowest BCUT2D eigenvalue weighted by Gasteiger charge is -2.16. The van der Waals surface area contributed by atoms with E-state index < -0.39 is 0 Å². The Bertz CT molecular complexity index is 506. The minimum Gasteiger partial charge on any atom is -0.380 e.